The summed E-state index contributed by atoms with van der Waals surface area (Å²) in [5, 5.41) is 0. The molecule has 1 unspecified atom stereocenters. The number of fused-ring (bicyclic) bond motifs is 1. The van der Waals surface area contributed by atoms with Crippen LogP contribution >= 0.6 is 0 Å². The molecular formula is C13H23N3. The maximum absolute atomic E-state index is 4.68. The summed E-state index contributed by atoms with van der Waals surface area (Å²) in [5.74, 6) is 1.26. The number of hydrogen-bond acceptors (Lipinski definition) is 2. The highest BCUT2D eigenvalue weighted by Crippen LogP contribution is 2.17. The first-order valence-electron chi connectivity index (χ1n) is 6.53. The second-order valence-corrected chi connectivity index (χ2v) is 4.80. The van der Waals surface area contributed by atoms with Crippen LogP contribution in [0.15, 0.2) is 6.20 Å². The van der Waals surface area contributed by atoms with Crippen LogP contribution in [0.3, 0.4) is 0 Å². The summed E-state index contributed by atoms with van der Waals surface area (Å²) in [6.07, 6.45) is 5.83. The molecule has 0 spiro atoms. The minimum absolute atomic E-state index is 0.695. The van der Waals surface area contributed by atoms with Gasteiger partial charge in [0, 0.05) is 25.3 Å². The molecule has 1 aliphatic heterocycles. The largest absolute Gasteiger partial charge is 0.332 e. The molecule has 3 heteroatoms. The molecule has 0 radical (unpaired) electrons. The van der Waals surface area contributed by atoms with Gasteiger partial charge in [0.15, 0.2) is 0 Å². The summed E-state index contributed by atoms with van der Waals surface area (Å²) in [6, 6.07) is 0.695. The molecule has 3 nitrogen and oxygen atoms in total. The van der Waals surface area contributed by atoms with E-state index in [9.17, 15) is 0 Å². The summed E-state index contributed by atoms with van der Waals surface area (Å²) in [4.78, 5) is 7.24. The quantitative estimate of drug-likeness (QED) is 0.778. The van der Waals surface area contributed by atoms with Gasteiger partial charge in [-0.05, 0) is 19.8 Å². The van der Waals surface area contributed by atoms with Crippen LogP contribution in [0.25, 0.3) is 0 Å². The highest BCUT2D eigenvalue weighted by atomic mass is 15.2. The Morgan fingerprint density at radius 3 is 2.88 bits per heavy atom. The molecule has 0 N–H and O–H groups in total. The van der Waals surface area contributed by atoms with Crippen molar-refractivity contribution < 1.29 is 0 Å². The maximum Gasteiger partial charge on any atom is 0.123 e. The van der Waals surface area contributed by atoms with Crippen LogP contribution in [0.1, 0.15) is 45.1 Å². The molecule has 1 aromatic heterocycles. The van der Waals surface area contributed by atoms with Crippen molar-refractivity contribution in [1.82, 2.24) is 14.5 Å². The standard InChI is InChI=1S/C13H23N3/c1-4-6-11(3)15-7-8-16-9-12(5-2)14-13(16)10-15/h9,11H,4-8,10H2,1-3H3. The molecule has 1 aromatic rings. The second-order valence-electron chi connectivity index (χ2n) is 4.80. The number of imidazole rings is 1. The number of rotatable bonds is 4. The van der Waals surface area contributed by atoms with Gasteiger partial charge in [0.25, 0.3) is 0 Å². The molecule has 0 aromatic carbocycles. The summed E-state index contributed by atoms with van der Waals surface area (Å²) < 4.78 is 2.33. The Bertz CT molecular complexity index is 343. The lowest BCUT2D eigenvalue weighted by molar-refractivity contribution is 0.155. The molecule has 0 saturated heterocycles. The van der Waals surface area contributed by atoms with Crippen molar-refractivity contribution in [1.29, 1.82) is 0 Å². The Labute approximate surface area is 98.5 Å². The Kier molecular flexibility index (Phi) is 3.64. The van der Waals surface area contributed by atoms with Crippen molar-refractivity contribution in [2.45, 2.75) is 59.2 Å². The first-order chi connectivity index (χ1) is 7.74. The van der Waals surface area contributed by atoms with Gasteiger partial charge < -0.3 is 4.57 Å². The minimum Gasteiger partial charge on any atom is -0.332 e. The molecular weight excluding hydrogens is 198 g/mol. The number of aryl methyl sites for hydroxylation is 1. The van der Waals surface area contributed by atoms with Crippen LogP contribution in [0.2, 0.25) is 0 Å². The second kappa shape index (κ2) is 5.00. The van der Waals surface area contributed by atoms with Gasteiger partial charge in [-0.15, -0.1) is 0 Å². The van der Waals surface area contributed by atoms with E-state index < -0.39 is 0 Å². The van der Waals surface area contributed by atoms with Crippen LogP contribution in [-0.4, -0.2) is 27.0 Å². The molecule has 0 bridgehead atoms. The van der Waals surface area contributed by atoms with Crippen molar-refractivity contribution in [3.63, 3.8) is 0 Å². The highest BCUT2D eigenvalue weighted by Gasteiger charge is 2.21. The van der Waals surface area contributed by atoms with Crippen LogP contribution in [0.4, 0.5) is 0 Å². The average molecular weight is 221 g/mol. The number of hydrogen-bond donors (Lipinski definition) is 0. The monoisotopic (exact) mass is 221 g/mol. The third kappa shape index (κ3) is 2.29. The molecule has 1 atom stereocenters. The summed E-state index contributed by atoms with van der Waals surface area (Å²) >= 11 is 0. The lowest BCUT2D eigenvalue weighted by atomic mass is 10.1. The molecule has 0 amide bonds. The lowest BCUT2D eigenvalue weighted by Crippen LogP contribution is -2.39. The van der Waals surface area contributed by atoms with Crippen LogP contribution in [0.5, 0.6) is 0 Å². The Balaban J connectivity index is 2.05. The molecule has 2 rings (SSSR count). The molecule has 90 valence electrons. The van der Waals surface area contributed by atoms with Crippen LogP contribution < -0.4 is 0 Å². The van der Waals surface area contributed by atoms with E-state index in [1.165, 1.54) is 30.9 Å². The van der Waals surface area contributed by atoms with E-state index in [0.717, 1.165) is 19.5 Å². The van der Waals surface area contributed by atoms with Crippen molar-refractivity contribution in [3.8, 4) is 0 Å². The molecule has 0 aliphatic carbocycles. The Morgan fingerprint density at radius 2 is 2.19 bits per heavy atom. The van der Waals surface area contributed by atoms with E-state index in [2.05, 4.69) is 41.4 Å². The fourth-order valence-electron chi connectivity index (χ4n) is 2.48. The van der Waals surface area contributed by atoms with Gasteiger partial charge in [0.05, 0.1) is 12.2 Å². The normalized spacial score (nSPS) is 18.4. The summed E-state index contributed by atoms with van der Waals surface area (Å²) in [7, 11) is 0. The van der Waals surface area contributed by atoms with Gasteiger partial charge in [0.2, 0.25) is 0 Å². The Hall–Kier alpha value is -0.830. The van der Waals surface area contributed by atoms with Crippen molar-refractivity contribution in [3.05, 3.63) is 17.7 Å². The molecule has 1 aliphatic rings. The van der Waals surface area contributed by atoms with Crippen molar-refractivity contribution in [2.24, 2.45) is 0 Å². The van der Waals surface area contributed by atoms with E-state index >= 15 is 0 Å². The lowest BCUT2D eigenvalue weighted by Gasteiger charge is -2.32. The van der Waals surface area contributed by atoms with E-state index in [1.807, 2.05) is 0 Å². The van der Waals surface area contributed by atoms with Gasteiger partial charge in [-0.3, -0.25) is 4.90 Å². The summed E-state index contributed by atoms with van der Waals surface area (Å²) in [5.41, 5.74) is 1.24. The average Bonchev–Trinajstić information content (AvgIpc) is 2.70. The van der Waals surface area contributed by atoms with Crippen LogP contribution in [0, 0.1) is 0 Å². The molecule has 2 heterocycles. The topological polar surface area (TPSA) is 21.1 Å². The van der Waals surface area contributed by atoms with Gasteiger partial charge in [-0.25, -0.2) is 4.98 Å². The van der Waals surface area contributed by atoms with Crippen molar-refractivity contribution in [2.75, 3.05) is 6.54 Å². The van der Waals surface area contributed by atoms with E-state index in [0.29, 0.717) is 6.04 Å². The molecule has 16 heavy (non-hydrogen) atoms. The maximum atomic E-state index is 4.68. The highest BCUT2D eigenvalue weighted by molar-refractivity contribution is 5.06. The van der Waals surface area contributed by atoms with E-state index in [4.69, 9.17) is 0 Å². The SMILES string of the molecule is CCCC(C)N1CCn2cc(CC)nc2C1. The van der Waals surface area contributed by atoms with E-state index in [1.54, 1.807) is 0 Å². The van der Waals surface area contributed by atoms with Crippen LogP contribution in [-0.2, 0) is 19.5 Å². The molecule has 0 saturated carbocycles. The summed E-state index contributed by atoms with van der Waals surface area (Å²) in [6.45, 7) is 10.1. The number of aromatic nitrogens is 2. The Morgan fingerprint density at radius 1 is 1.38 bits per heavy atom. The zero-order chi connectivity index (χ0) is 11.5. The number of nitrogens with zero attached hydrogens (tertiary/aromatic N) is 3. The zero-order valence-corrected chi connectivity index (χ0v) is 10.7. The third-order valence-corrected chi connectivity index (χ3v) is 3.57. The zero-order valence-electron chi connectivity index (χ0n) is 10.7. The smallest absolute Gasteiger partial charge is 0.123 e. The fraction of sp³-hybridized carbons (Fsp3) is 0.769. The first-order valence-corrected chi connectivity index (χ1v) is 6.53. The van der Waals surface area contributed by atoms with Gasteiger partial charge in [-0.1, -0.05) is 20.3 Å². The first kappa shape index (κ1) is 11.6. The third-order valence-electron chi connectivity index (χ3n) is 3.57. The van der Waals surface area contributed by atoms with Gasteiger partial charge in [-0.2, -0.15) is 0 Å². The van der Waals surface area contributed by atoms with Gasteiger partial charge in [0.1, 0.15) is 5.82 Å². The van der Waals surface area contributed by atoms with Gasteiger partial charge >= 0.3 is 0 Å². The predicted octanol–water partition coefficient (Wildman–Crippen LogP) is 2.45. The van der Waals surface area contributed by atoms with E-state index in [-0.39, 0.29) is 0 Å². The fourth-order valence-corrected chi connectivity index (χ4v) is 2.48. The molecule has 0 fully saturated rings. The van der Waals surface area contributed by atoms with Crippen molar-refractivity contribution >= 4 is 0 Å². The minimum atomic E-state index is 0.695. The predicted molar refractivity (Wildman–Crippen MR) is 66.4 cm³/mol.